The van der Waals surface area contributed by atoms with Gasteiger partial charge in [0.2, 0.25) is 0 Å². The largest absolute Gasteiger partial charge is 0.344 e. The molecule has 176 valence electrons. The Morgan fingerprint density at radius 2 is 0.970 bits per heavy atom. The lowest BCUT2D eigenvalue weighted by Crippen LogP contribution is -2.63. The molecule has 2 bridgehead atoms. The first kappa shape index (κ1) is 22.8. The second-order valence-electron chi connectivity index (χ2n) is 9.75. The highest BCUT2D eigenvalue weighted by molar-refractivity contribution is 7.96. The Hall–Kier alpha value is -2.00. The first-order chi connectivity index (χ1) is 15.4. The molecule has 0 amide bonds. The monoisotopic (exact) mass is 488 g/mol. The summed E-state index contributed by atoms with van der Waals surface area (Å²) < 4.78 is 68.2. The Kier molecular flexibility index (Phi) is 5.18. The van der Waals surface area contributed by atoms with Gasteiger partial charge >= 0.3 is 0 Å². The van der Waals surface area contributed by atoms with Crippen LogP contribution in [0.25, 0.3) is 0 Å². The van der Waals surface area contributed by atoms with Crippen LogP contribution in [0.5, 0.6) is 0 Å². The van der Waals surface area contributed by atoms with Crippen LogP contribution in [0, 0.1) is 25.7 Å². The van der Waals surface area contributed by atoms with Gasteiger partial charge in [-0.15, -0.1) is 0 Å². The van der Waals surface area contributed by atoms with E-state index in [1.54, 1.807) is 62.4 Å². The molecular weight excluding hydrogens is 460 g/mol. The molecule has 0 aromatic heterocycles. The number of hydrogen-bond donors (Lipinski definition) is 0. The van der Waals surface area contributed by atoms with E-state index in [-0.39, 0.29) is 9.79 Å². The SMILES string of the molecule is Cc1ccc(S(=O)(=O)[C@@H]2[C@@H]3C=C[C@@H]([C@H]4OC(C)(C)O[C@@H]34)[C@H]2S(=O)(=O)c2ccc(C)cc2)cc1. The zero-order valence-electron chi connectivity index (χ0n) is 19.0. The highest BCUT2D eigenvalue weighted by Crippen LogP contribution is 2.52. The summed E-state index contributed by atoms with van der Waals surface area (Å²) in [6, 6.07) is 13.1. The van der Waals surface area contributed by atoms with E-state index < -0.39 is 60.0 Å². The van der Waals surface area contributed by atoms with Crippen LogP contribution in [0.3, 0.4) is 0 Å². The molecule has 4 aliphatic rings. The normalized spacial score (nSPS) is 32.6. The predicted octanol–water partition coefficient (Wildman–Crippen LogP) is 3.62. The lowest BCUT2D eigenvalue weighted by molar-refractivity contribution is -0.148. The number of rotatable bonds is 4. The molecule has 6 nitrogen and oxygen atoms in total. The molecule has 33 heavy (non-hydrogen) atoms. The maximum absolute atomic E-state index is 14.0. The minimum atomic E-state index is -4.00. The maximum Gasteiger partial charge on any atom is 0.183 e. The summed E-state index contributed by atoms with van der Waals surface area (Å²) in [5, 5.41) is -2.36. The first-order valence-corrected chi connectivity index (χ1v) is 14.2. The fourth-order valence-corrected chi connectivity index (χ4v) is 10.4. The summed E-state index contributed by atoms with van der Waals surface area (Å²) in [5.41, 5.74) is 1.86. The van der Waals surface area contributed by atoms with Gasteiger partial charge in [-0.05, 0) is 52.0 Å². The van der Waals surface area contributed by atoms with Crippen molar-refractivity contribution in [3.63, 3.8) is 0 Å². The smallest absolute Gasteiger partial charge is 0.183 e. The van der Waals surface area contributed by atoms with E-state index in [0.717, 1.165) is 11.1 Å². The third-order valence-electron chi connectivity index (χ3n) is 6.98. The Balaban J connectivity index is 1.69. The molecule has 2 fully saturated rings. The fraction of sp³-hybridized carbons (Fsp3) is 0.440. The van der Waals surface area contributed by atoms with E-state index in [2.05, 4.69) is 0 Å². The molecule has 2 aromatic rings. The van der Waals surface area contributed by atoms with Crippen molar-refractivity contribution in [3.8, 4) is 0 Å². The lowest BCUT2D eigenvalue weighted by atomic mass is 9.71. The van der Waals surface area contributed by atoms with Crippen molar-refractivity contribution >= 4 is 19.7 Å². The molecule has 6 rings (SSSR count). The van der Waals surface area contributed by atoms with E-state index >= 15 is 0 Å². The highest BCUT2D eigenvalue weighted by Gasteiger charge is 2.65. The van der Waals surface area contributed by atoms with Crippen molar-refractivity contribution in [3.05, 3.63) is 71.8 Å². The number of ether oxygens (including phenoxy) is 2. The second kappa shape index (κ2) is 7.50. The van der Waals surface area contributed by atoms with Gasteiger partial charge in [-0.2, -0.15) is 0 Å². The second-order valence-corrected chi connectivity index (χ2v) is 14.0. The quantitative estimate of drug-likeness (QED) is 0.611. The van der Waals surface area contributed by atoms with Gasteiger partial charge in [0, 0.05) is 11.8 Å². The first-order valence-electron chi connectivity index (χ1n) is 11.1. The zero-order valence-corrected chi connectivity index (χ0v) is 20.6. The third kappa shape index (κ3) is 3.58. The van der Waals surface area contributed by atoms with Crippen LogP contribution >= 0.6 is 0 Å². The Morgan fingerprint density at radius 3 is 1.30 bits per heavy atom. The number of fused-ring (bicyclic) bond motifs is 1. The lowest BCUT2D eigenvalue weighted by Gasteiger charge is -2.48. The molecule has 2 aromatic carbocycles. The van der Waals surface area contributed by atoms with Crippen LogP contribution in [0.15, 0.2) is 70.5 Å². The third-order valence-corrected chi connectivity index (χ3v) is 11.7. The van der Waals surface area contributed by atoms with Crippen molar-refractivity contribution < 1.29 is 26.3 Å². The average Bonchev–Trinajstić information content (AvgIpc) is 3.10. The van der Waals surface area contributed by atoms with Gasteiger partial charge in [-0.3, -0.25) is 0 Å². The number of hydrogen-bond acceptors (Lipinski definition) is 6. The van der Waals surface area contributed by atoms with E-state index in [1.165, 1.54) is 0 Å². The molecule has 0 unspecified atom stereocenters. The van der Waals surface area contributed by atoms with Gasteiger partial charge in [0.25, 0.3) is 0 Å². The number of sulfone groups is 2. The van der Waals surface area contributed by atoms with Crippen LogP contribution in [0.2, 0.25) is 0 Å². The molecule has 8 heteroatoms. The topological polar surface area (TPSA) is 86.7 Å². The predicted molar refractivity (Wildman–Crippen MR) is 124 cm³/mol. The van der Waals surface area contributed by atoms with Gasteiger partial charge in [-0.25, -0.2) is 16.8 Å². The van der Waals surface area contributed by atoms with Crippen molar-refractivity contribution in [2.24, 2.45) is 11.8 Å². The summed E-state index contributed by atoms with van der Waals surface area (Å²) in [7, 11) is -8.00. The minimum Gasteiger partial charge on any atom is -0.344 e. The van der Waals surface area contributed by atoms with Crippen LogP contribution in [-0.2, 0) is 29.1 Å². The molecule has 1 saturated heterocycles. The Bertz CT molecular complexity index is 1210. The van der Waals surface area contributed by atoms with Gasteiger partial charge < -0.3 is 9.47 Å². The number of benzene rings is 2. The standard InChI is InChI=1S/C25H28O6S2/c1-15-5-9-17(10-6-15)32(26,27)23-19-13-14-20(22-21(19)30-25(3,4)31-22)24(23)33(28,29)18-11-7-16(2)8-12-18/h5-14,19-24H,1-4H3/t19-,20+,21+,22-,23-,24-/m1/s1. The zero-order chi connectivity index (χ0) is 23.8. The fourth-order valence-electron chi connectivity index (χ4n) is 5.46. The van der Waals surface area contributed by atoms with Crippen molar-refractivity contribution in [2.45, 2.75) is 66.0 Å². The molecule has 1 heterocycles. The van der Waals surface area contributed by atoms with E-state index in [1.807, 2.05) is 26.0 Å². The minimum absolute atomic E-state index is 0.123. The Morgan fingerprint density at radius 1 is 0.636 bits per heavy atom. The van der Waals surface area contributed by atoms with Crippen molar-refractivity contribution in [1.29, 1.82) is 0 Å². The van der Waals surface area contributed by atoms with Crippen molar-refractivity contribution in [2.75, 3.05) is 0 Å². The van der Waals surface area contributed by atoms with Crippen LogP contribution in [-0.4, -0.2) is 45.3 Å². The van der Waals surface area contributed by atoms with Crippen LogP contribution in [0.1, 0.15) is 25.0 Å². The summed E-state index contributed by atoms with van der Waals surface area (Å²) in [4.78, 5) is 0.246. The summed E-state index contributed by atoms with van der Waals surface area (Å²) >= 11 is 0. The molecule has 1 saturated carbocycles. The van der Waals surface area contributed by atoms with E-state index in [0.29, 0.717) is 0 Å². The van der Waals surface area contributed by atoms with Crippen LogP contribution < -0.4 is 0 Å². The summed E-state index contributed by atoms with van der Waals surface area (Å²) in [6.45, 7) is 7.31. The van der Waals surface area contributed by atoms with Gasteiger partial charge in [0.15, 0.2) is 25.5 Å². The molecule has 1 aliphatic heterocycles. The molecule has 6 atom stereocenters. The van der Waals surface area contributed by atoms with E-state index in [4.69, 9.17) is 9.47 Å². The highest BCUT2D eigenvalue weighted by atomic mass is 32.2. The molecule has 0 spiro atoms. The molecule has 0 N–H and O–H groups in total. The molecule has 0 radical (unpaired) electrons. The summed E-state index contributed by atoms with van der Waals surface area (Å²) in [6.07, 6.45) is 2.58. The van der Waals surface area contributed by atoms with Crippen molar-refractivity contribution in [1.82, 2.24) is 0 Å². The van der Waals surface area contributed by atoms with Gasteiger partial charge in [0.05, 0.1) is 32.5 Å². The summed E-state index contributed by atoms with van der Waals surface area (Å²) in [5.74, 6) is -2.20. The average molecular weight is 489 g/mol. The van der Waals surface area contributed by atoms with E-state index in [9.17, 15) is 16.8 Å². The van der Waals surface area contributed by atoms with Crippen LogP contribution in [0.4, 0.5) is 0 Å². The van der Waals surface area contributed by atoms with Gasteiger partial charge in [-0.1, -0.05) is 47.5 Å². The number of aryl methyl sites for hydroxylation is 2. The van der Waals surface area contributed by atoms with Gasteiger partial charge in [0.1, 0.15) is 0 Å². The molecular formula is C25H28O6S2. The Labute approximate surface area is 195 Å². The molecule has 3 aliphatic carbocycles. The maximum atomic E-state index is 14.0.